The number of rotatable bonds is 3. The summed E-state index contributed by atoms with van der Waals surface area (Å²) in [6.45, 7) is 1.76. The summed E-state index contributed by atoms with van der Waals surface area (Å²) in [6, 6.07) is 11.3. The maximum Gasteiger partial charge on any atom is 0.335 e. The molecule has 1 heterocycles. The van der Waals surface area contributed by atoms with Crippen molar-refractivity contribution >= 4 is 35.4 Å². The highest BCUT2D eigenvalue weighted by atomic mass is 19.1. The van der Waals surface area contributed by atoms with E-state index in [1.165, 1.54) is 24.3 Å². The minimum atomic E-state index is -1.25. The molecule has 6 nitrogen and oxygen atoms in total. The first-order valence-corrected chi connectivity index (χ1v) is 7.51. The summed E-state index contributed by atoms with van der Waals surface area (Å²) in [5.74, 6) is -3.09. The highest BCUT2D eigenvalue weighted by molar-refractivity contribution is 6.32. The zero-order valence-electron chi connectivity index (χ0n) is 13.3. The van der Waals surface area contributed by atoms with Crippen LogP contribution in [0.5, 0.6) is 0 Å². The smallest absolute Gasteiger partial charge is 0.276 e. The van der Waals surface area contributed by atoms with E-state index in [-0.39, 0.29) is 0 Å². The molecular weight excluding hydrogens is 325 g/mol. The molecule has 2 aromatic carbocycles. The lowest BCUT2D eigenvalue weighted by Crippen LogP contribution is -2.58. The molecule has 1 atom stereocenters. The number of nitrogens with one attached hydrogen (secondary N) is 1. The first-order chi connectivity index (χ1) is 12.0. The normalized spacial score (nSPS) is 17.9. The van der Waals surface area contributed by atoms with Crippen molar-refractivity contribution in [2.75, 3.05) is 4.90 Å². The number of urea groups is 1. The van der Waals surface area contributed by atoms with Crippen LogP contribution in [0, 0.1) is 18.7 Å². The van der Waals surface area contributed by atoms with E-state index < -0.39 is 29.6 Å². The van der Waals surface area contributed by atoms with Gasteiger partial charge < -0.3 is 0 Å². The molecule has 1 saturated heterocycles. The van der Waals surface area contributed by atoms with Crippen molar-refractivity contribution in [3.05, 3.63) is 59.9 Å². The number of aryl methyl sites for hydroxylation is 1. The van der Waals surface area contributed by atoms with Crippen LogP contribution in [0.2, 0.25) is 0 Å². The minimum Gasteiger partial charge on any atom is -0.276 e. The van der Waals surface area contributed by atoms with Gasteiger partial charge in [-0.25, -0.2) is 14.1 Å². The third-order valence-corrected chi connectivity index (χ3v) is 3.76. The Morgan fingerprint density at radius 2 is 1.76 bits per heavy atom. The van der Waals surface area contributed by atoms with Crippen molar-refractivity contribution in [3.63, 3.8) is 0 Å². The number of aliphatic imine (C=N–C) groups is 1. The Hall–Kier alpha value is -3.35. The lowest BCUT2D eigenvalue weighted by Gasteiger charge is -2.29. The van der Waals surface area contributed by atoms with E-state index in [0.717, 1.165) is 16.7 Å². The van der Waals surface area contributed by atoms with Gasteiger partial charge >= 0.3 is 6.03 Å². The summed E-state index contributed by atoms with van der Waals surface area (Å²) >= 11 is 0. The number of amides is 4. The van der Waals surface area contributed by atoms with Crippen molar-refractivity contribution in [1.82, 2.24) is 5.32 Å². The van der Waals surface area contributed by atoms with E-state index >= 15 is 0 Å². The van der Waals surface area contributed by atoms with Gasteiger partial charge in [-0.3, -0.25) is 19.9 Å². The highest BCUT2D eigenvalue weighted by Crippen LogP contribution is 2.24. The Morgan fingerprint density at radius 3 is 2.44 bits per heavy atom. The largest absolute Gasteiger partial charge is 0.335 e. The number of carbonyl (C=O) groups excluding carboxylic acids is 3. The predicted octanol–water partition coefficient (Wildman–Crippen LogP) is 2.74. The van der Waals surface area contributed by atoms with Gasteiger partial charge in [0.1, 0.15) is 5.82 Å². The number of imide groups is 2. The van der Waals surface area contributed by atoms with Gasteiger partial charge in [-0.05, 0) is 42.8 Å². The van der Waals surface area contributed by atoms with Gasteiger partial charge in [0.25, 0.3) is 5.91 Å². The minimum absolute atomic E-state index is 0.390. The van der Waals surface area contributed by atoms with Crippen LogP contribution in [-0.4, -0.2) is 24.1 Å². The molecule has 2 aromatic rings. The molecule has 0 aliphatic carbocycles. The molecule has 7 heteroatoms. The number of carbonyl (C=O) groups is 3. The monoisotopic (exact) mass is 339 g/mol. The fourth-order valence-corrected chi connectivity index (χ4v) is 2.45. The maximum atomic E-state index is 12.9. The van der Waals surface area contributed by atoms with Crippen LogP contribution in [0.15, 0.2) is 53.5 Å². The zero-order valence-corrected chi connectivity index (χ0v) is 13.3. The maximum absolute atomic E-state index is 12.9. The van der Waals surface area contributed by atoms with Gasteiger partial charge in [-0.2, -0.15) is 0 Å². The van der Waals surface area contributed by atoms with E-state index in [4.69, 9.17) is 0 Å². The third kappa shape index (κ3) is 3.30. The number of barbiturate groups is 1. The Kier molecular flexibility index (Phi) is 4.38. The van der Waals surface area contributed by atoms with Crippen LogP contribution in [0.25, 0.3) is 0 Å². The Labute approximate surface area is 143 Å². The second-order valence-corrected chi connectivity index (χ2v) is 5.49. The number of hydrogen-bond donors (Lipinski definition) is 1. The van der Waals surface area contributed by atoms with Crippen LogP contribution in [0.3, 0.4) is 0 Å². The van der Waals surface area contributed by atoms with Crippen molar-refractivity contribution in [2.45, 2.75) is 6.92 Å². The summed E-state index contributed by atoms with van der Waals surface area (Å²) in [7, 11) is 0. The van der Waals surface area contributed by atoms with Gasteiger partial charge in [0, 0.05) is 6.21 Å². The second kappa shape index (κ2) is 6.64. The van der Waals surface area contributed by atoms with E-state index in [2.05, 4.69) is 10.3 Å². The SMILES string of the molecule is Cc1ccccc1N1C(=O)NC(=O)[C@H](C=Nc2ccc(F)cc2)C1=O. The molecule has 25 heavy (non-hydrogen) atoms. The van der Waals surface area contributed by atoms with Crippen molar-refractivity contribution in [1.29, 1.82) is 0 Å². The summed E-state index contributed by atoms with van der Waals surface area (Å²) in [5.41, 5.74) is 1.51. The Bertz CT molecular complexity index is 877. The molecule has 126 valence electrons. The number of para-hydroxylation sites is 1. The zero-order chi connectivity index (χ0) is 18.0. The van der Waals surface area contributed by atoms with E-state index in [1.807, 2.05) is 0 Å². The van der Waals surface area contributed by atoms with Gasteiger partial charge in [-0.15, -0.1) is 0 Å². The van der Waals surface area contributed by atoms with Gasteiger partial charge in [0.15, 0.2) is 5.92 Å². The standard InChI is InChI=1S/C18H14FN3O3/c1-11-4-2-3-5-15(11)22-17(24)14(16(23)21-18(22)25)10-20-13-8-6-12(19)7-9-13/h2-10,14H,1H3,(H,21,23,25)/t14-/m0/s1. The molecule has 0 spiro atoms. The molecular formula is C18H14FN3O3. The van der Waals surface area contributed by atoms with E-state index in [0.29, 0.717) is 11.4 Å². The number of benzene rings is 2. The Balaban J connectivity index is 1.90. The van der Waals surface area contributed by atoms with E-state index in [1.54, 1.807) is 31.2 Å². The van der Waals surface area contributed by atoms with Crippen molar-refractivity contribution in [2.24, 2.45) is 10.9 Å². The van der Waals surface area contributed by atoms with Crippen LogP contribution >= 0.6 is 0 Å². The molecule has 0 bridgehead atoms. The molecule has 0 saturated carbocycles. The van der Waals surface area contributed by atoms with Crippen molar-refractivity contribution in [3.8, 4) is 0 Å². The van der Waals surface area contributed by atoms with Crippen LogP contribution < -0.4 is 10.2 Å². The topological polar surface area (TPSA) is 78.8 Å². The second-order valence-electron chi connectivity index (χ2n) is 5.49. The lowest BCUT2D eigenvalue weighted by atomic mass is 10.0. The van der Waals surface area contributed by atoms with Crippen LogP contribution in [-0.2, 0) is 9.59 Å². The molecule has 0 unspecified atom stereocenters. The summed E-state index contributed by atoms with van der Waals surface area (Å²) < 4.78 is 12.9. The average molecular weight is 339 g/mol. The van der Waals surface area contributed by atoms with Gasteiger partial charge in [0.05, 0.1) is 11.4 Å². The van der Waals surface area contributed by atoms with Gasteiger partial charge in [-0.1, -0.05) is 18.2 Å². The first-order valence-electron chi connectivity index (χ1n) is 7.51. The highest BCUT2D eigenvalue weighted by Gasteiger charge is 2.40. The molecule has 0 radical (unpaired) electrons. The molecule has 4 amide bonds. The molecule has 1 aliphatic heterocycles. The molecule has 3 rings (SSSR count). The first kappa shape index (κ1) is 16.5. The number of anilines is 1. The van der Waals surface area contributed by atoms with Crippen LogP contribution in [0.4, 0.5) is 20.6 Å². The predicted molar refractivity (Wildman–Crippen MR) is 90.2 cm³/mol. The van der Waals surface area contributed by atoms with Crippen molar-refractivity contribution < 1.29 is 18.8 Å². The number of halogens is 1. The molecule has 1 fully saturated rings. The number of hydrogen-bond acceptors (Lipinski definition) is 4. The molecule has 1 aliphatic rings. The fourth-order valence-electron chi connectivity index (χ4n) is 2.45. The molecule has 1 N–H and O–H groups in total. The third-order valence-electron chi connectivity index (χ3n) is 3.76. The number of nitrogens with zero attached hydrogens (tertiary/aromatic N) is 2. The summed E-state index contributed by atoms with van der Waals surface area (Å²) in [4.78, 5) is 41.8. The van der Waals surface area contributed by atoms with E-state index in [9.17, 15) is 18.8 Å². The quantitative estimate of drug-likeness (QED) is 0.690. The Morgan fingerprint density at radius 1 is 1.08 bits per heavy atom. The molecule has 0 aromatic heterocycles. The average Bonchev–Trinajstić information content (AvgIpc) is 2.57. The summed E-state index contributed by atoms with van der Waals surface area (Å²) in [6.07, 6.45) is 1.16. The van der Waals surface area contributed by atoms with Gasteiger partial charge in [0.2, 0.25) is 5.91 Å². The summed E-state index contributed by atoms with van der Waals surface area (Å²) in [5, 5.41) is 2.16. The lowest BCUT2D eigenvalue weighted by molar-refractivity contribution is -0.131. The fraction of sp³-hybridized carbons (Fsp3) is 0.111. The van der Waals surface area contributed by atoms with Crippen LogP contribution in [0.1, 0.15) is 5.56 Å².